The molecule has 0 saturated carbocycles. The van der Waals surface area contributed by atoms with Crippen LogP contribution in [0, 0.1) is 0 Å². The Labute approximate surface area is 190 Å². The van der Waals surface area contributed by atoms with Gasteiger partial charge in [-0.3, -0.25) is 9.69 Å². The topological polar surface area (TPSA) is 46.3 Å². The van der Waals surface area contributed by atoms with E-state index in [1.54, 1.807) is 22.9 Å². The first kappa shape index (κ1) is 19.6. The molecule has 0 unspecified atom stereocenters. The summed E-state index contributed by atoms with van der Waals surface area (Å²) in [5.74, 6) is 0.507. The Balaban J connectivity index is 1.63. The number of amides is 1. The van der Waals surface area contributed by atoms with Crippen molar-refractivity contribution in [1.29, 1.82) is 0 Å². The Kier molecular flexibility index (Phi) is 5.28. The molecule has 0 aliphatic carbocycles. The van der Waals surface area contributed by atoms with Gasteiger partial charge >= 0.3 is 0 Å². The van der Waals surface area contributed by atoms with Crippen LogP contribution >= 0.6 is 46.0 Å². The molecule has 5 aromatic rings. The van der Waals surface area contributed by atoms with E-state index >= 15 is 0 Å². The minimum Gasteiger partial charge on any atom is -0.467 e. The third-order valence-electron chi connectivity index (χ3n) is 4.69. The third-order valence-corrected chi connectivity index (χ3v) is 8.17. The summed E-state index contributed by atoms with van der Waals surface area (Å²) in [5.41, 5.74) is 0.907. The average Bonchev–Trinajstić information content (AvgIpc) is 3.50. The summed E-state index contributed by atoms with van der Waals surface area (Å²) < 4.78 is 7.55. The van der Waals surface area contributed by atoms with Crippen LogP contribution in [0.2, 0.25) is 5.02 Å². The Bertz CT molecular complexity index is 1360. The minimum atomic E-state index is -0.178. The molecule has 5 rings (SSSR count). The van der Waals surface area contributed by atoms with Gasteiger partial charge in [0.25, 0.3) is 5.91 Å². The van der Waals surface area contributed by atoms with E-state index in [1.165, 1.54) is 22.7 Å². The smallest absolute Gasteiger partial charge is 0.272 e. The number of hydrogen-bond donors (Lipinski definition) is 0. The van der Waals surface area contributed by atoms with E-state index in [1.807, 2.05) is 60.9 Å². The number of thiazole rings is 1. The van der Waals surface area contributed by atoms with Gasteiger partial charge in [0.15, 0.2) is 5.13 Å². The van der Waals surface area contributed by atoms with Gasteiger partial charge in [0, 0.05) is 15.0 Å². The molecule has 0 N–H and O–H groups in total. The number of aromatic nitrogens is 1. The number of hydrogen-bond acceptors (Lipinski definition) is 6. The van der Waals surface area contributed by atoms with Crippen LogP contribution in [-0.4, -0.2) is 17.1 Å². The van der Waals surface area contributed by atoms with E-state index in [0.29, 0.717) is 20.8 Å². The molecule has 4 nitrogen and oxygen atoms in total. The molecule has 3 heterocycles. The highest BCUT2D eigenvalue weighted by Crippen LogP contribution is 2.39. The summed E-state index contributed by atoms with van der Waals surface area (Å²) in [5, 5.41) is 2.00. The van der Waals surface area contributed by atoms with Gasteiger partial charge < -0.3 is 4.42 Å². The van der Waals surface area contributed by atoms with Crippen molar-refractivity contribution in [2.45, 2.75) is 11.4 Å². The summed E-state index contributed by atoms with van der Waals surface area (Å²) in [7, 11) is 0. The third kappa shape index (κ3) is 3.41. The van der Waals surface area contributed by atoms with E-state index in [2.05, 4.69) is 0 Å². The molecule has 1 amide bonds. The van der Waals surface area contributed by atoms with Gasteiger partial charge in [-0.15, -0.1) is 23.1 Å². The van der Waals surface area contributed by atoms with Crippen molar-refractivity contribution in [1.82, 2.24) is 4.98 Å². The number of furan rings is 1. The predicted octanol–water partition coefficient (Wildman–Crippen LogP) is 7.33. The van der Waals surface area contributed by atoms with Crippen molar-refractivity contribution in [3.05, 3.63) is 76.5 Å². The number of carbonyl (C=O) groups excluding carboxylic acids is 1. The molecule has 0 bridgehead atoms. The van der Waals surface area contributed by atoms with E-state index in [0.717, 1.165) is 25.2 Å². The zero-order valence-corrected chi connectivity index (χ0v) is 19.0. The lowest BCUT2D eigenvalue weighted by atomic mass is 10.2. The van der Waals surface area contributed by atoms with Crippen molar-refractivity contribution in [2.24, 2.45) is 0 Å². The number of rotatable bonds is 5. The van der Waals surface area contributed by atoms with Gasteiger partial charge in [-0.05, 0) is 36.6 Å². The van der Waals surface area contributed by atoms with Gasteiger partial charge in [-0.1, -0.05) is 47.2 Å². The summed E-state index contributed by atoms with van der Waals surface area (Å²) >= 11 is 11.1. The lowest BCUT2D eigenvalue weighted by molar-refractivity contribution is 0.0987. The molecule has 30 heavy (non-hydrogen) atoms. The van der Waals surface area contributed by atoms with E-state index < -0.39 is 0 Å². The maximum absolute atomic E-state index is 13.7. The number of halogens is 1. The fourth-order valence-corrected chi connectivity index (χ4v) is 6.33. The molecule has 0 saturated heterocycles. The molecule has 0 aliphatic heterocycles. The molecule has 150 valence electrons. The zero-order valence-electron chi connectivity index (χ0n) is 15.8. The fraction of sp³-hybridized carbons (Fsp3) is 0.0909. The molecule has 0 radical (unpaired) electrons. The highest BCUT2D eigenvalue weighted by Gasteiger charge is 2.27. The van der Waals surface area contributed by atoms with Crippen LogP contribution in [0.25, 0.3) is 20.3 Å². The van der Waals surface area contributed by atoms with Crippen LogP contribution in [0.3, 0.4) is 0 Å². The summed E-state index contributed by atoms with van der Waals surface area (Å²) in [6, 6.07) is 17.5. The summed E-state index contributed by atoms with van der Waals surface area (Å²) in [6.07, 6.45) is 3.63. The number of benzene rings is 2. The maximum Gasteiger partial charge on any atom is 0.272 e. The lowest BCUT2D eigenvalue weighted by Crippen LogP contribution is -2.29. The summed E-state index contributed by atoms with van der Waals surface area (Å²) in [6.45, 7) is 0.283. The molecule has 3 aromatic heterocycles. The first-order valence-electron chi connectivity index (χ1n) is 9.10. The van der Waals surface area contributed by atoms with Crippen LogP contribution in [0.5, 0.6) is 0 Å². The molecule has 0 atom stereocenters. The molecule has 0 fully saturated rings. The van der Waals surface area contributed by atoms with Crippen LogP contribution in [-0.2, 0) is 6.54 Å². The zero-order chi connectivity index (χ0) is 20.7. The number of thiophene rings is 1. The van der Waals surface area contributed by atoms with Crippen molar-refractivity contribution >= 4 is 77.4 Å². The Hall–Kier alpha value is -2.32. The van der Waals surface area contributed by atoms with Gasteiger partial charge in [0.05, 0.1) is 28.0 Å². The normalized spacial score (nSPS) is 11.4. The van der Waals surface area contributed by atoms with Crippen LogP contribution in [0.4, 0.5) is 5.13 Å². The minimum absolute atomic E-state index is 0.178. The first-order chi connectivity index (χ1) is 14.7. The number of nitrogens with zero attached hydrogens (tertiary/aromatic N) is 2. The predicted molar refractivity (Wildman–Crippen MR) is 127 cm³/mol. The molecule has 8 heteroatoms. The Morgan fingerprint density at radius 2 is 1.93 bits per heavy atom. The molecule has 0 aliphatic rings. The highest BCUT2D eigenvalue weighted by atomic mass is 35.5. The summed E-state index contributed by atoms with van der Waals surface area (Å²) in [4.78, 5) is 21.7. The van der Waals surface area contributed by atoms with Crippen LogP contribution in [0.1, 0.15) is 15.4 Å². The van der Waals surface area contributed by atoms with Gasteiger partial charge in [-0.25, -0.2) is 4.98 Å². The van der Waals surface area contributed by atoms with Crippen molar-refractivity contribution in [2.75, 3.05) is 11.2 Å². The molecule has 0 spiro atoms. The monoisotopic (exact) mass is 470 g/mol. The fourth-order valence-electron chi connectivity index (χ4n) is 3.25. The molecule has 2 aromatic carbocycles. The van der Waals surface area contributed by atoms with Crippen molar-refractivity contribution in [3.8, 4) is 0 Å². The van der Waals surface area contributed by atoms with E-state index in [-0.39, 0.29) is 12.5 Å². The first-order valence-corrected chi connectivity index (χ1v) is 12.3. The molecular formula is C22H15ClN2O2S3. The van der Waals surface area contributed by atoms with Crippen LogP contribution < -0.4 is 4.90 Å². The average molecular weight is 471 g/mol. The largest absolute Gasteiger partial charge is 0.467 e. The second-order valence-electron chi connectivity index (χ2n) is 6.52. The number of fused-ring (bicyclic) bond motifs is 2. The number of para-hydroxylation sites is 1. The Morgan fingerprint density at radius 1 is 1.10 bits per heavy atom. The second kappa shape index (κ2) is 8.07. The van der Waals surface area contributed by atoms with E-state index in [4.69, 9.17) is 21.0 Å². The van der Waals surface area contributed by atoms with E-state index in [9.17, 15) is 4.79 Å². The highest BCUT2D eigenvalue weighted by molar-refractivity contribution is 7.98. The number of anilines is 1. The quantitative estimate of drug-likeness (QED) is 0.252. The number of thioether (sulfide) groups is 1. The Morgan fingerprint density at radius 3 is 2.70 bits per heavy atom. The standard InChI is InChI=1S/C22H15ClN2O2S3/c1-28-16-9-4-10-17-19(16)24-22(30-17)25(12-13-6-5-11-27-13)21(26)20-18(23)14-7-2-3-8-15(14)29-20/h2-11H,12H2,1H3. The maximum atomic E-state index is 13.7. The van der Waals surface area contributed by atoms with Gasteiger partial charge in [0.1, 0.15) is 10.6 Å². The van der Waals surface area contributed by atoms with Crippen LogP contribution in [0.15, 0.2) is 70.2 Å². The van der Waals surface area contributed by atoms with Crippen molar-refractivity contribution in [3.63, 3.8) is 0 Å². The number of carbonyl (C=O) groups is 1. The molecular weight excluding hydrogens is 456 g/mol. The SMILES string of the molecule is CSc1cccc2sc(N(Cc3ccco3)C(=O)c3sc4ccccc4c3Cl)nc12. The van der Waals surface area contributed by atoms with Crippen molar-refractivity contribution < 1.29 is 9.21 Å². The van der Waals surface area contributed by atoms with Gasteiger partial charge in [0.2, 0.25) is 0 Å². The second-order valence-corrected chi connectivity index (χ2v) is 9.80. The van der Waals surface area contributed by atoms with Gasteiger partial charge in [-0.2, -0.15) is 0 Å². The lowest BCUT2D eigenvalue weighted by Gasteiger charge is -2.18.